The Bertz CT molecular complexity index is 613. The van der Waals surface area contributed by atoms with E-state index in [2.05, 4.69) is 12.2 Å². The van der Waals surface area contributed by atoms with Crippen LogP contribution in [0, 0.1) is 32.1 Å². The van der Waals surface area contributed by atoms with Gasteiger partial charge in [0.25, 0.3) is 11.4 Å². The quantitative estimate of drug-likeness (QED) is 0.485. The summed E-state index contributed by atoms with van der Waals surface area (Å²) in [6.45, 7) is 1.54. The number of allylic oxidation sites excluding steroid dienone is 2. The van der Waals surface area contributed by atoms with E-state index in [4.69, 9.17) is 0 Å². The molecule has 7 nitrogen and oxygen atoms in total. The zero-order valence-electron chi connectivity index (χ0n) is 11.3. The molecule has 110 valence electrons. The number of non-ortho nitro benzene ring substituents is 1. The Balaban J connectivity index is 1.92. The second kappa shape index (κ2) is 5.16. The van der Waals surface area contributed by atoms with Gasteiger partial charge in [0.15, 0.2) is 0 Å². The van der Waals surface area contributed by atoms with Gasteiger partial charge in [0.05, 0.1) is 15.9 Å². The van der Waals surface area contributed by atoms with Crippen LogP contribution in [0.2, 0.25) is 0 Å². The van der Waals surface area contributed by atoms with Gasteiger partial charge in [-0.3, -0.25) is 20.2 Å². The van der Waals surface area contributed by atoms with Crippen molar-refractivity contribution >= 4 is 17.1 Å². The Kier molecular flexibility index (Phi) is 3.32. The Hall–Kier alpha value is -2.44. The van der Waals surface area contributed by atoms with Crippen molar-refractivity contribution in [3.63, 3.8) is 0 Å². The molecule has 2 unspecified atom stereocenters. The highest BCUT2D eigenvalue weighted by molar-refractivity contribution is 5.67. The molecule has 0 aromatic heterocycles. The molecule has 2 atom stereocenters. The first-order valence-corrected chi connectivity index (χ1v) is 6.89. The van der Waals surface area contributed by atoms with Crippen LogP contribution in [-0.4, -0.2) is 22.9 Å². The standard InChI is InChI=1S/C14H15N3O4/c18-16(19)12-5-6-13(14(7-12)17(20)21)15-8-10-3-1-2-4-11(10)9-15/h1-2,5-7,10-11H,3-4,8-9H2. The summed E-state index contributed by atoms with van der Waals surface area (Å²) in [7, 11) is 0. The predicted octanol–water partition coefficient (Wildman–Crippen LogP) is 2.91. The molecule has 1 aromatic rings. The lowest BCUT2D eigenvalue weighted by Gasteiger charge is -2.18. The molecule has 1 aromatic carbocycles. The molecule has 0 saturated carbocycles. The normalized spacial score (nSPS) is 23.9. The van der Waals surface area contributed by atoms with Crippen LogP contribution in [-0.2, 0) is 0 Å². The van der Waals surface area contributed by atoms with Crippen LogP contribution >= 0.6 is 0 Å². The largest absolute Gasteiger partial charge is 0.365 e. The van der Waals surface area contributed by atoms with Gasteiger partial charge in [-0.1, -0.05) is 12.2 Å². The summed E-state index contributed by atoms with van der Waals surface area (Å²) >= 11 is 0. The molecule has 0 N–H and O–H groups in total. The highest BCUT2D eigenvalue weighted by Gasteiger charge is 2.35. The number of rotatable bonds is 3. The fourth-order valence-corrected chi connectivity index (χ4v) is 3.25. The molecular weight excluding hydrogens is 274 g/mol. The van der Waals surface area contributed by atoms with Crippen molar-refractivity contribution < 1.29 is 9.85 Å². The average molecular weight is 289 g/mol. The summed E-state index contributed by atoms with van der Waals surface area (Å²) in [5.74, 6) is 1.04. The van der Waals surface area contributed by atoms with Crippen LogP contribution in [0.4, 0.5) is 17.1 Å². The van der Waals surface area contributed by atoms with E-state index in [-0.39, 0.29) is 11.4 Å². The second-order valence-electron chi connectivity index (χ2n) is 5.56. The molecule has 2 aliphatic rings. The van der Waals surface area contributed by atoms with E-state index >= 15 is 0 Å². The molecule has 1 heterocycles. The minimum atomic E-state index is -0.607. The number of hydrogen-bond donors (Lipinski definition) is 0. The van der Waals surface area contributed by atoms with E-state index in [9.17, 15) is 20.2 Å². The topological polar surface area (TPSA) is 89.5 Å². The third-order valence-corrected chi connectivity index (χ3v) is 4.33. The Morgan fingerprint density at radius 3 is 2.14 bits per heavy atom. The summed E-state index contributed by atoms with van der Waals surface area (Å²) in [4.78, 5) is 22.8. The van der Waals surface area contributed by atoms with E-state index in [1.54, 1.807) is 0 Å². The number of hydrogen-bond acceptors (Lipinski definition) is 5. The molecule has 0 bridgehead atoms. The van der Waals surface area contributed by atoms with Gasteiger partial charge in [-0.25, -0.2) is 0 Å². The van der Waals surface area contributed by atoms with Crippen LogP contribution in [0.3, 0.4) is 0 Å². The van der Waals surface area contributed by atoms with Gasteiger partial charge in [0.1, 0.15) is 5.69 Å². The highest BCUT2D eigenvalue weighted by atomic mass is 16.6. The van der Waals surface area contributed by atoms with Crippen molar-refractivity contribution in [2.24, 2.45) is 11.8 Å². The lowest BCUT2D eigenvalue weighted by Crippen LogP contribution is -2.21. The van der Waals surface area contributed by atoms with Crippen LogP contribution in [0.5, 0.6) is 0 Å². The van der Waals surface area contributed by atoms with Gasteiger partial charge in [-0.15, -0.1) is 0 Å². The van der Waals surface area contributed by atoms with Gasteiger partial charge >= 0.3 is 0 Å². The molecule has 1 fully saturated rings. The minimum absolute atomic E-state index is 0.184. The van der Waals surface area contributed by atoms with Crippen molar-refractivity contribution in [1.82, 2.24) is 0 Å². The van der Waals surface area contributed by atoms with Gasteiger partial charge in [0.2, 0.25) is 0 Å². The van der Waals surface area contributed by atoms with Crippen molar-refractivity contribution in [3.8, 4) is 0 Å². The molecule has 0 spiro atoms. The Morgan fingerprint density at radius 1 is 1.00 bits per heavy atom. The fourth-order valence-electron chi connectivity index (χ4n) is 3.25. The maximum Gasteiger partial charge on any atom is 0.299 e. The van der Waals surface area contributed by atoms with E-state index in [0.29, 0.717) is 17.5 Å². The molecule has 21 heavy (non-hydrogen) atoms. The maximum atomic E-state index is 11.2. The lowest BCUT2D eigenvalue weighted by atomic mass is 9.86. The third kappa shape index (κ3) is 2.46. The summed E-state index contributed by atoms with van der Waals surface area (Å²) in [6, 6.07) is 3.89. The van der Waals surface area contributed by atoms with Crippen LogP contribution in [0.25, 0.3) is 0 Å². The van der Waals surface area contributed by atoms with Crippen molar-refractivity contribution in [2.45, 2.75) is 12.8 Å². The molecule has 1 aliphatic heterocycles. The van der Waals surface area contributed by atoms with Gasteiger partial charge in [-0.2, -0.15) is 0 Å². The zero-order valence-corrected chi connectivity index (χ0v) is 11.3. The van der Waals surface area contributed by atoms with Gasteiger partial charge in [0, 0.05) is 19.2 Å². The summed E-state index contributed by atoms with van der Waals surface area (Å²) < 4.78 is 0. The van der Waals surface area contributed by atoms with Crippen molar-refractivity contribution in [3.05, 3.63) is 50.6 Å². The fraction of sp³-hybridized carbons (Fsp3) is 0.429. The van der Waals surface area contributed by atoms with Crippen LogP contribution in [0.1, 0.15) is 12.8 Å². The number of anilines is 1. The van der Waals surface area contributed by atoms with Gasteiger partial charge in [-0.05, 0) is 30.7 Å². The number of benzene rings is 1. The molecule has 7 heteroatoms. The maximum absolute atomic E-state index is 11.2. The predicted molar refractivity (Wildman–Crippen MR) is 77.3 cm³/mol. The van der Waals surface area contributed by atoms with Crippen molar-refractivity contribution in [2.75, 3.05) is 18.0 Å². The minimum Gasteiger partial charge on any atom is -0.365 e. The highest BCUT2D eigenvalue weighted by Crippen LogP contribution is 2.39. The first-order chi connectivity index (χ1) is 10.1. The average Bonchev–Trinajstić information content (AvgIpc) is 2.90. The van der Waals surface area contributed by atoms with Crippen molar-refractivity contribution in [1.29, 1.82) is 0 Å². The lowest BCUT2D eigenvalue weighted by molar-refractivity contribution is -0.393. The number of nitro benzene ring substituents is 2. The first-order valence-electron chi connectivity index (χ1n) is 6.89. The molecular formula is C14H15N3O4. The number of nitro groups is 2. The number of fused-ring (bicyclic) bond motifs is 1. The summed E-state index contributed by atoms with van der Waals surface area (Å²) in [5, 5.41) is 22.0. The van der Waals surface area contributed by atoms with Crippen LogP contribution < -0.4 is 4.90 Å². The van der Waals surface area contributed by atoms with Crippen LogP contribution in [0.15, 0.2) is 30.4 Å². The van der Waals surface area contributed by atoms with E-state index in [0.717, 1.165) is 32.0 Å². The molecule has 3 rings (SSSR count). The summed E-state index contributed by atoms with van der Waals surface area (Å²) in [5.41, 5.74) is 0.0551. The SMILES string of the molecule is O=[N+]([O-])c1ccc(N2CC3CC=CCC3C2)c([N+](=O)[O-])c1. The third-order valence-electron chi connectivity index (χ3n) is 4.33. The molecule has 1 saturated heterocycles. The summed E-state index contributed by atoms with van der Waals surface area (Å²) in [6.07, 6.45) is 6.33. The van der Waals surface area contributed by atoms with Gasteiger partial charge < -0.3 is 4.90 Å². The second-order valence-corrected chi connectivity index (χ2v) is 5.56. The Morgan fingerprint density at radius 2 is 1.62 bits per heavy atom. The molecule has 0 radical (unpaired) electrons. The monoisotopic (exact) mass is 289 g/mol. The van der Waals surface area contributed by atoms with E-state index in [1.165, 1.54) is 12.1 Å². The Labute approximate surface area is 121 Å². The van der Waals surface area contributed by atoms with E-state index in [1.807, 2.05) is 4.90 Å². The molecule has 0 amide bonds. The zero-order chi connectivity index (χ0) is 15.0. The number of nitrogens with zero attached hydrogens (tertiary/aromatic N) is 3. The van der Waals surface area contributed by atoms with E-state index < -0.39 is 9.85 Å². The first kappa shape index (κ1) is 13.5. The molecule has 1 aliphatic carbocycles. The smallest absolute Gasteiger partial charge is 0.299 e.